The van der Waals surface area contributed by atoms with Crippen molar-refractivity contribution in [2.75, 3.05) is 29.6 Å². The molecule has 0 amide bonds. The lowest BCUT2D eigenvalue weighted by Crippen LogP contribution is -2.02. The largest absolute Gasteiger partial charge is 0.384 e. The second-order valence-corrected chi connectivity index (χ2v) is 4.44. The van der Waals surface area contributed by atoms with E-state index in [0.717, 1.165) is 12.2 Å². The van der Waals surface area contributed by atoms with Gasteiger partial charge in [0.25, 0.3) is 0 Å². The monoisotopic (exact) mass is 225 g/mol. The fraction of sp³-hybridized carbons (Fsp3) is 0.545. The first kappa shape index (κ1) is 12.2. The molecule has 0 saturated heterocycles. The molecule has 0 aliphatic heterocycles. The molecule has 0 bridgehead atoms. The first-order valence-electron chi connectivity index (χ1n) is 5.27. The van der Waals surface area contributed by atoms with Crippen molar-refractivity contribution in [2.45, 2.75) is 19.3 Å². The average molecular weight is 225 g/mol. The van der Waals surface area contributed by atoms with E-state index >= 15 is 0 Å². The number of nitrogens with one attached hydrogen (secondary N) is 1. The van der Waals surface area contributed by atoms with Crippen LogP contribution in [-0.2, 0) is 0 Å². The van der Waals surface area contributed by atoms with Gasteiger partial charge in [0.15, 0.2) is 0 Å². The number of rotatable bonds is 7. The van der Waals surface area contributed by atoms with Gasteiger partial charge in [-0.15, -0.1) is 0 Å². The van der Waals surface area contributed by atoms with Gasteiger partial charge in [0.1, 0.15) is 5.82 Å². The topological polar surface area (TPSA) is 50.9 Å². The number of nitrogen functional groups attached to an aromatic ring is 1. The van der Waals surface area contributed by atoms with E-state index in [-0.39, 0.29) is 0 Å². The molecule has 0 aliphatic carbocycles. The molecule has 0 aromatic carbocycles. The highest BCUT2D eigenvalue weighted by Crippen LogP contribution is 2.08. The summed E-state index contributed by atoms with van der Waals surface area (Å²) in [6, 6.07) is 3.78. The van der Waals surface area contributed by atoms with Crippen LogP contribution in [0, 0.1) is 0 Å². The zero-order valence-electron chi connectivity index (χ0n) is 9.20. The van der Waals surface area contributed by atoms with Crippen LogP contribution in [0.15, 0.2) is 18.3 Å². The maximum atomic E-state index is 5.50. The molecule has 0 aliphatic rings. The van der Waals surface area contributed by atoms with E-state index in [2.05, 4.69) is 16.6 Å². The maximum Gasteiger partial charge on any atom is 0.123 e. The second-order valence-electron chi connectivity index (χ2n) is 3.45. The van der Waals surface area contributed by atoms with Gasteiger partial charge in [0.05, 0.1) is 11.9 Å². The van der Waals surface area contributed by atoms with Crippen LogP contribution in [0.25, 0.3) is 0 Å². The molecule has 1 rings (SSSR count). The molecule has 0 fully saturated rings. The minimum atomic E-state index is 0.570. The fourth-order valence-electron chi connectivity index (χ4n) is 1.29. The zero-order valence-corrected chi connectivity index (χ0v) is 10.0. The van der Waals surface area contributed by atoms with Crippen LogP contribution in [0.5, 0.6) is 0 Å². The van der Waals surface area contributed by atoms with Crippen LogP contribution < -0.4 is 11.1 Å². The summed E-state index contributed by atoms with van der Waals surface area (Å²) in [4.78, 5) is 4.02. The lowest BCUT2D eigenvalue weighted by atomic mass is 10.2. The molecule has 0 atom stereocenters. The SMILES string of the molecule is CSCCCCCNc1ccc(N)nc1. The molecule has 0 radical (unpaired) electrons. The van der Waals surface area contributed by atoms with Gasteiger partial charge in [0.2, 0.25) is 0 Å². The molecule has 1 aromatic rings. The van der Waals surface area contributed by atoms with Crippen molar-refractivity contribution in [1.29, 1.82) is 0 Å². The molecule has 0 saturated carbocycles. The van der Waals surface area contributed by atoms with E-state index in [1.165, 1.54) is 25.0 Å². The van der Waals surface area contributed by atoms with Crippen LogP contribution in [-0.4, -0.2) is 23.5 Å². The van der Waals surface area contributed by atoms with Crippen LogP contribution in [0.1, 0.15) is 19.3 Å². The summed E-state index contributed by atoms with van der Waals surface area (Å²) in [5.41, 5.74) is 6.55. The fourth-order valence-corrected chi connectivity index (χ4v) is 1.78. The van der Waals surface area contributed by atoms with E-state index in [4.69, 9.17) is 5.73 Å². The van der Waals surface area contributed by atoms with Gasteiger partial charge < -0.3 is 11.1 Å². The summed E-state index contributed by atoms with van der Waals surface area (Å²) in [7, 11) is 0. The molecule has 4 heteroatoms. The van der Waals surface area contributed by atoms with Gasteiger partial charge in [0, 0.05) is 6.54 Å². The summed E-state index contributed by atoms with van der Waals surface area (Å²) in [6.45, 7) is 1.01. The highest BCUT2D eigenvalue weighted by molar-refractivity contribution is 7.98. The zero-order chi connectivity index (χ0) is 10.9. The molecule has 15 heavy (non-hydrogen) atoms. The number of pyridine rings is 1. The Bertz CT molecular complexity index is 261. The molecule has 1 heterocycles. The minimum Gasteiger partial charge on any atom is -0.384 e. The number of anilines is 2. The van der Waals surface area contributed by atoms with Crippen molar-refractivity contribution in [1.82, 2.24) is 4.98 Å². The van der Waals surface area contributed by atoms with Gasteiger partial charge >= 0.3 is 0 Å². The third kappa shape index (κ3) is 5.52. The summed E-state index contributed by atoms with van der Waals surface area (Å²) < 4.78 is 0. The van der Waals surface area contributed by atoms with Crippen LogP contribution >= 0.6 is 11.8 Å². The van der Waals surface area contributed by atoms with Gasteiger partial charge in [-0.2, -0.15) is 11.8 Å². The number of nitrogens with two attached hydrogens (primary N) is 1. The Morgan fingerprint density at radius 1 is 1.33 bits per heavy atom. The molecule has 3 N–H and O–H groups in total. The predicted molar refractivity (Wildman–Crippen MR) is 69.4 cm³/mol. The highest BCUT2D eigenvalue weighted by Gasteiger charge is 1.92. The lowest BCUT2D eigenvalue weighted by molar-refractivity contribution is 0.749. The smallest absolute Gasteiger partial charge is 0.123 e. The van der Waals surface area contributed by atoms with E-state index in [1.807, 2.05) is 23.9 Å². The average Bonchev–Trinajstić information content (AvgIpc) is 2.26. The lowest BCUT2D eigenvalue weighted by Gasteiger charge is -2.05. The first-order chi connectivity index (χ1) is 7.33. The van der Waals surface area contributed by atoms with Gasteiger partial charge in [-0.25, -0.2) is 4.98 Å². The highest BCUT2D eigenvalue weighted by atomic mass is 32.2. The molecular weight excluding hydrogens is 206 g/mol. The van der Waals surface area contributed by atoms with Crippen LogP contribution in [0.4, 0.5) is 11.5 Å². The van der Waals surface area contributed by atoms with Crippen molar-refractivity contribution in [2.24, 2.45) is 0 Å². The Morgan fingerprint density at radius 2 is 2.20 bits per heavy atom. The van der Waals surface area contributed by atoms with E-state index in [9.17, 15) is 0 Å². The van der Waals surface area contributed by atoms with Crippen molar-refractivity contribution < 1.29 is 0 Å². The Labute approximate surface area is 95.9 Å². The Morgan fingerprint density at radius 3 is 2.87 bits per heavy atom. The number of aromatic nitrogens is 1. The van der Waals surface area contributed by atoms with Gasteiger partial charge in [-0.05, 0) is 37.0 Å². The Hall–Kier alpha value is -0.900. The normalized spacial score (nSPS) is 10.2. The first-order valence-corrected chi connectivity index (χ1v) is 6.66. The summed E-state index contributed by atoms with van der Waals surface area (Å²) in [6.07, 6.45) is 7.74. The summed E-state index contributed by atoms with van der Waals surface area (Å²) in [5, 5.41) is 3.32. The molecule has 1 aromatic heterocycles. The molecule has 84 valence electrons. The van der Waals surface area contributed by atoms with Crippen molar-refractivity contribution in [3.8, 4) is 0 Å². The minimum absolute atomic E-state index is 0.570. The van der Waals surface area contributed by atoms with E-state index in [1.54, 1.807) is 6.20 Å². The van der Waals surface area contributed by atoms with Crippen molar-refractivity contribution in [3.05, 3.63) is 18.3 Å². The molecule has 0 unspecified atom stereocenters. The standard InChI is InChI=1S/C11H19N3S/c1-15-8-4-2-3-7-13-10-5-6-11(12)14-9-10/h5-6,9,13H,2-4,7-8H2,1H3,(H2,12,14). The molecular formula is C11H19N3S. The quantitative estimate of drug-likeness (QED) is 0.700. The predicted octanol–water partition coefficient (Wildman–Crippen LogP) is 2.61. The number of nitrogens with zero attached hydrogens (tertiary/aromatic N) is 1. The van der Waals surface area contributed by atoms with E-state index < -0.39 is 0 Å². The number of hydrogen-bond donors (Lipinski definition) is 2. The number of hydrogen-bond acceptors (Lipinski definition) is 4. The number of unbranched alkanes of at least 4 members (excludes halogenated alkanes) is 2. The number of thioether (sulfide) groups is 1. The van der Waals surface area contributed by atoms with Crippen LogP contribution in [0.3, 0.4) is 0 Å². The van der Waals surface area contributed by atoms with Crippen molar-refractivity contribution >= 4 is 23.3 Å². The van der Waals surface area contributed by atoms with E-state index in [0.29, 0.717) is 5.82 Å². The third-order valence-electron chi connectivity index (χ3n) is 2.14. The summed E-state index contributed by atoms with van der Waals surface area (Å²) in [5.74, 6) is 1.84. The van der Waals surface area contributed by atoms with Crippen LogP contribution in [0.2, 0.25) is 0 Å². The molecule has 3 nitrogen and oxygen atoms in total. The third-order valence-corrected chi connectivity index (χ3v) is 2.84. The second kappa shape index (κ2) is 7.40. The molecule has 0 spiro atoms. The Balaban J connectivity index is 2.07. The van der Waals surface area contributed by atoms with Crippen molar-refractivity contribution in [3.63, 3.8) is 0 Å². The Kier molecular flexibility index (Phi) is 6.00. The van der Waals surface area contributed by atoms with Gasteiger partial charge in [-0.1, -0.05) is 6.42 Å². The maximum absolute atomic E-state index is 5.50. The van der Waals surface area contributed by atoms with Gasteiger partial charge in [-0.3, -0.25) is 0 Å². The summed E-state index contributed by atoms with van der Waals surface area (Å²) >= 11 is 1.91.